The first-order chi connectivity index (χ1) is 10.1. The average Bonchev–Trinajstić information content (AvgIpc) is 2.50. The molecule has 0 saturated heterocycles. The van der Waals surface area contributed by atoms with Crippen molar-refractivity contribution in [1.29, 1.82) is 0 Å². The summed E-state index contributed by atoms with van der Waals surface area (Å²) in [6.45, 7) is 5.92. The minimum atomic E-state index is -0.854. The number of hydrogen-bond donors (Lipinski definition) is 2. The Hall–Kier alpha value is -1.97. The van der Waals surface area contributed by atoms with E-state index in [1.54, 1.807) is 25.3 Å². The van der Waals surface area contributed by atoms with Gasteiger partial charge in [-0.2, -0.15) is 0 Å². The second-order valence-electron chi connectivity index (χ2n) is 5.08. The van der Waals surface area contributed by atoms with Crippen molar-refractivity contribution in [1.82, 2.24) is 0 Å². The van der Waals surface area contributed by atoms with E-state index in [0.717, 1.165) is 37.1 Å². The molecule has 0 heterocycles. The molecular weight excluding hydrogens is 266 g/mol. The monoisotopic (exact) mass is 291 g/mol. The van der Waals surface area contributed by atoms with Gasteiger partial charge in [0.05, 0.1) is 7.11 Å². The zero-order chi connectivity index (χ0) is 15.7. The molecular formula is C17H25NO3. The topological polar surface area (TPSA) is 58.6 Å². The molecule has 116 valence electrons. The van der Waals surface area contributed by atoms with Crippen molar-refractivity contribution >= 4 is 11.7 Å². The van der Waals surface area contributed by atoms with Crippen LogP contribution in [-0.2, 0) is 4.79 Å². The summed E-state index contributed by atoms with van der Waals surface area (Å²) in [5.41, 5.74) is 0.769. The molecule has 1 aromatic carbocycles. The van der Waals surface area contributed by atoms with E-state index in [1.165, 1.54) is 0 Å². The highest BCUT2D eigenvalue weighted by Gasteiger charge is 2.25. The molecule has 0 saturated carbocycles. The molecule has 0 bridgehead atoms. The normalized spacial score (nSPS) is 13.2. The van der Waals surface area contributed by atoms with E-state index in [0.29, 0.717) is 0 Å². The van der Waals surface area contributed by atoms with Crippen molar-refractivity contribution < 1.29 is 14.6 Å². The Balaban J connectivity index is 2.74. The number of ether oxygens (including phenoxy) is 1. The molecule has 2 N–H and O–H groups in total. The van der Waals surface area contributed by atoms with Gasteiger partial charge in [-0.25, -0.2) is 4.79 Å². The first-order valence-electron chi connectivity index (χ1n) is 7.38. The van der Waals surface area contributed by atoms with Crippen molar-refractivity contribution in [2.24, 2.45) is 5.92 Å². The number of benzene rings is 1. The maximum absolute atomic E-state index is 11.5. The van der Waals surface area contributed by atoms with E-state index in [1.807, 2.05) is 12.1 Å². The molecule has 0 radical (unpaired) electrons. The average molecular weight is 291 g/mol. The van der Waals surface area contributed by atoms with Gasteiger partial charge < -0.3 is 15.2 Å². The van der Waals surface area contributed by atoms with Gasteiger partial charge in [0.2, 0.25) is 0 Å². The molecule has 21 heavy (non-hydrogen) atoms. The van der Waals surface area contributed by atoms with Gasteiger partial charge in [-0.3, -0.25) is 0 Å². The van der Waals surface area contributed by atoms with E-state index in [-0.39, 0.29) is 5.92 Å². The summed E-state index contributed by atoms with van der Waals surface area (Å²) in [6.07, 6.45) is 5.82. The fourth-order valence-corrected chi connectivity index (χ4v) is 2.27. The molecule has 4 heteroatoms. The van der Waals surface area contributed by atoms with Crippen molar-refractivity contribution in [3.05, 3.63) is 36.9 Å². The van der Waals surface area contributed by atoms with Gasteiger partial charge in [-0.15, -0.1) is 6.58 Å². The molecule has 4 nitrogen and oxygen atoms in total. The number of carbonyl (C=O) groups is 1. The number of rotatable bonds is 10. The van der Waals surface area contributed by atoms with Crippen LogP contribution in [0.25, 0.3) is 0 Å². The predicted molar refractivity (Wildman–Crippen MR) is 85.9 cm³/mol. The number of unbranched alkanes of at least 4 members (excludes halogenated alkanes) is 2. The Morgan fingerprint density at radius 3 is 2.52 bits per heavy atom. The summed E-state index contributed by atoms with van der Waals surface area (Å²) >= 11 is 0. The second kappa shape index (κ2) is 9.06. The number of carboxylic acid groups (broad SMARTS) is 1. The van der Waals surface area contributed by atoms with Crippen LogP contribution >= 0.6 is 0 Å². The standard InChI is InChI=1S/C17H25NO3/c1-4-6-7-8-13(5-2)16(17(19)20)18-14-9-11-15(21-3)12-10-14/h5,9-13,16,18H,2,4,6-8H2,1,3H3,(H,19,20)/t13-,16+/m0/s1. The SMILES string of the molecule is C=C[C@@H](CCCCC)[C@@H](Nc1ccc(OC)cc1)C(=O)O. The molecule has 2 atom stereocenters. The molecule has 1 rings (SSSR count). The summed E-state index contributed by atoms with van der Waals surface area (Å²) in [6, 6.07) is 6.59. The van der Waals surface area contributed by atoms with Gasteiger partial charge in [0.15, 0.2) is 0 Å². The Bertz CT molecular complexity index is 442. The summed E-state index contributed by atoms with van der Waals surface area (Å²) in [5, 5.41) is 12.5. The third-order valence-corrected chi connectivity index (χ3v) is 3.55. The first-order valence-corrected chi connectivity index (χ1v) is 7.38. The molecule has 0 aliphatic carbocycles. The van der Waals surface area contributed by atoms with Crippen LogP contribution in [0.15, 0.2) is 36.9 Å². The number of nitrogens with one attached hydrogen (secondary N) is 1. The molecule has 1 aromatic rings. The third kappa shape index (κ3) is 5.50. The lowest BCUT2D eigenvalue weighted by molar-refractivity contribution is -0.138. The van der Waals surface area contributed by atoms with Crippen LogP contribution in [0.3, 0.4) is 0 Å². The van der Waals surface area contributed by atoms with Gasteiger partial charge >= 0.3 is 5.97 Å². The zero-order valence-corrected chi connectivity index (χ0v) is 12.8. The highest BCUT2D eigenvalue weighted by Crippen LogP contribution is 2.21. The fraction of sp³-hybridized carbons (Fsp3) is 0.471. The Morgan fingerprint density at radius 2 is 2.05 bits per heavy atom. The van der Waals surface area contributed by atoms with Crippen LogP contribution in [0.4, 0.5) is 5.69 Å². The summed E-state index contributed by atoms with van der Waals surface area (Å²) in [4.78, 5) is 11.5. The van der Waals surface area contributed by atoms with Gasteiger partial charge in [-0.1, -0.05) is 32.3 Å². The molecule has 0 fully saturated rings. The number of aliphatic carboxylic acids is 1. The lowest BCUT2D eigenvalue weighted by Gasteiger charge is -2.23. The van der Waals surface area contributed by atoms with Crippen molar-refractivity contribution in [2.45, 2.75) is 38.6 Å². The Kier molecular flexibility index (Phi) is 7.37. The summed E-state index contributed by atoms with van der Waals surface area (Å²) in [5.74, 6) is -0.195. The second-order valence-corrected chi connectivity index (χ2v) is 5.08. The highest BCUT2D eigenvalue weighted by molar-refractivity contribution is 5.78. The van der Waals surface area contributed by atoms with Gasteiger partial charge in [0.1, 0.15) is 11.8 Å². The van der Waals surface area contributed by atoms with Crippen LogP contribution in [0.1, 0.15) is 32.6 Å². The zero-order valence-electron chi connectivity index (χ0n) is 12.8. The largest absolute Gasteiger partial charge is 0.497 e. The van der Waals surface area contributed by atoms with Gasteiger partial charge in [0, 0.05) is 11.6 Å². The van der Waals surface area contributed by atoms with Gasteiger partial charge in [0.25, 0.3) is 0 Å². The van der Waals surface area contributed by atoms with E-state index in [4.69, 9.17) is 4.74 Å². The predicted octanol–water partition coefficient (Wildman–Crippen LogP) is 3.94. The lowest BCUT2D eigenvalue weighted by Crippen LogP contribution is -2.36. The smallest absolute Gasteiger partial charge is 0.326 e. The fourth-order valence-electron chi connectivity index (χ4n) is 2.27. The molecule has 0 unspecified atom stereocenters. The van der Waals surface area contributed by atoms with Crippen molar-refractivity contribution in [2.75, 3.05) is 12.4 Å². The van der Waals surface area contributed by atoms with Crippen LogP contribution in [0.5, 0.6) is 5.75 Å². The van der Waals surface area contributed by atoms with E-state index in [2.05, 4.69) is 18.8 Å². The van der Waals surface area contributed by atoms with Crippen molar-refractivity contribution in [3.8, 4) is 5.75 Å². The first kappa shape index (κ1) is 17.1. The number of hydrogen-bond acceptors (Lipinski definition) is 3. The molecule has 0 amide bonds. The maximum Gasteiger partial charge on any atom is 0.326 e. The van der Waals surface area contributed by atoms with Crippen LogP contribution in [0, 0.1) is 5.92 Å². The molecule has 0 aromatic heterocycles. The quantitative estimate of drug-likeness (QED) is 0.506. The maximum atomic E-state index is 11.5. The number of methoxy groups -OCH3 is 1. The third-order valence-electron chi connectivity index (χ3n) is 3.55. The lowest BCUT2D eigenvalue weighted by atomic mass is 9.93. The van der Waals surface area contributed by atoms with Crippen molar-refractivity contribution in [3.63, 3.8) is 0 Å². The Labute approximate surface area is 126 Å². The summed E-state index contributed by atoms with van der Waals surface area (Å²) in [7, 11) is 1.60. The molecule has 0 aliphatic heterocycles. The van der Waals surface area contributed by atoms with Crippen LogP contribution in [0.2, 0.25) is 0 Å². The minimum Gasteiger partial charge on any atom is -0.497 e. The highest BCUT2D eigenvalue weighted by atomic mass is 16.5. The van der Waals surface area contributed by atoms with E-state index >= 15 is 0 Å². The van der Waals surface area contributed by atoms with Gasteiger partial charge in [-0.05, 0) is 30.7 Å². The molecule has 0 spiro atoms. The van der Waals surface area contributed by atoms with Crippen LogP contribution < -0.4 is 10.1 Å². The minimum absolute atomic E-state index is 0.0869. The number of anilines is 1. The van der Waals surface area contributed by atoms with E-state index in [9.17, 15) is 9.90 Å². The van der Waals surface area contributed by atoms with Crippen LogP contribution in [-0.4, -0.2) is 24.2 Å². The number of carboxylic acids is 1. The molecule has 0 aliphatic rings. The van der Waals surface area contributed by atoms with E-state index < -0.39 is 12.0 Å². The summed E-state index contributed by atoms with van der Waals surface area (Å²) < 4.78 is 5.10. The Morgan fingerprint density at radius 1 is 1.38 bits per heavy atom.